The molecule has 1 unspecified atom stereocenters. The van der Waals surface area contributed by atoms with Crippen LogP contribution < -0.4 is 5.32 Å². The first-order chi connectivity index (χ1) is 11.4. The molecule has 2 fully saturated rings. The zero-order valence-electron chi connectivity index (χ0n) is 15.1. The van der Waals surface area contributed by atoms with Crippen LogP contribution in [0.3, 0.4) is 0 Å². The molecule has 1 heterocycles. The highest BCUT2D eigenvalue weighted by Gasteiger charge is 2.36. The number of aliphatic hydroxyl groups is 1. The van der Waals surface area contributed by atoms with E-state index in [4.69, 9.17) is 0 Å². The smallest absolute Gasteiger partial charge is 0.224 e. The van der Waals surface area contributed by atoms with E-state index in [9.17, 15) is 9.90 Å². The minimum absolute atomic E-state index is 0.127. The molecule has 3 atom stereocenters. The number of amides is 1. The van der Waals surface area contributed by atoms with E-state index in [1.165, 1.54) is 16.7 Å². The van der Waals surface area contributed by atoms with Gasteiger partial charge in [0.2, 0.25) is 5.91 Å². The van der Waals surface area contributed by atoms with Gasteiger partial charge in [0.25, 0.3) is 0 Å². The quantitative estimate of drug-likeness (QED) is 0.890. The maximum absolute atomic E-state index is 12.6. The third kappa shape index (κ3) is 3.81. The first-order valence-corrected chi connectivity index (χ1v) is 9.22. The maximum Gasteiger partial charge on any atom is 0.224 e. The number of aliphatic hydroxyl groups excluding tert-OH is 1. The zero-order chi connectivity index (χ0) is 17.3. The van der Waals surface area contributed by atoms with E-state index in [0.717, 1.165) is 44.3 Å². The molecule has 24 heavy (non-hydrogen) atoms. The van der Waals surface area contributed by atoms with Gasteiger partial charge in [-0.25, -0.2) is 0 Å². The lowest BCUT2D eigenvalue weighted by atomic mass is 9.97. The SMILES string of the molecule is Cc1cc(C)c(CC(=O)N[C@@H]2CCC[C@@H]2N2CCC(O)C2)c(C)c1. The van der Waals surface area contributed by atoms with E-state index in [0.29, 0.717) is 12.5 Å². The molecule has 0 bridgehead atoms. The highest BCUT2D eigenvalue weighted by atomic mass is 16.3. The molecule has 4 heteroatoms. The molecule has 132 valence electrons. The summed E-state index contributed by atoms with van der Waals surface area (Å²) in [7, 11) is 0. The van der Waals surface area contributed by atoms with E-state index in [-0.39, 0.29) is 18.1 Å². The van der Waals surface area contributed by atoms with Crippen LogP contribution in [-0.2, 0) is 11.2 Å². The molecule has 0 aromatic heterocycles. The number of benzene rings is 1. The summed E-state index contributed by atoms with van der Waals surface area (Å²) in [5, 5.41) is 13.1. The fourth-order valence-corrected chi connectivity index (χ4v) is 4.52. The number of aryl methyl sites for hydroxylation is 3. The monoisotopic (exact) mass is 330 g/mol. The van der Waals surface area contributed by atoms with Crippen LogP contribution in [0.1, 0.15) is 47.9 Å². The van der Waals surface area contributed by atoms with Gasteiger partial charge in [0.1, 0.15) is 0 Å². The number of likely N-dealkylation sites (tertiary alicyclic amines) is 1. The number of rotatable bonds is 4. The Bertz CT molecular complexity index is 591. The van der Waals surface area contributed by atoms with Crippen molar-refractivity contribution in [3.05, 3.63) is 34.4 Å². The number of β-amino-alcohol motifs (C(OH)–C–C–N with tert-alkyl or cyclic N) is 1. The summed E-state index contributed by atoms with van der Waals surface area (Å²) in [5.74, 6) is 0.127. The van der Waals surface area contributed by atoms with Crippen LogP contribution in [0.25, 0.3) is 0 Å². The standard InChI is InChI=1S/C20H30N2O2/c1-13-9-14(2)17(15(3)10-13)11-20(24)21-18-5-4-6-19(18)22-8-7-16(23)12-22/h9-10,16,18-19,23H,4-8,11-12H2,1-3H3,(H,21,24)/t16?,18-,19+/m1/s1. The first kappa shape index (κ1) is 17.4. The molecular formula is C20H30N2O2. The van der Waals surface area contributed by atoms with Crippen molar-refractivity contribution in [1.82, 2.24) is 10.2 Å². The Labute approximate surface area is 145 Å². The second kappa shape index (κ2) is 7.24. The number of nitrogens with zero attached hydrogens (tertiary/aromatic N) is 1. The van der Waals surface area contributed by atoms with Crippen LogP contribution in [0.5, 0.6) is 0 Å². The molecule has 1 saturated carbocycles. The van der Waals surface area contributed by atoms with Gasteiger partial charge in [-0.15, -0.1) is 0 Å². The van der Waals surface area contributed by atoms with Crippen LogP contribution >= 0.6 is 0 Å². The highest BCUT2D eigenvalue weighted by Crippen LogP contribution is 2.27. The molecule has 1 saturated heterocycles. The van der Waals surface area contributed by atoms with Gasteiger partial charge in [-0.2, -0.15) is 0 Å². The minimum atomic E-state index is -0.195. The van der Waals surface area contributed by atoms with Gasteiger partial charge < -0.3 is 10.4 Å². The van der Waals surface area contributed by atoms with Gasteiger partial charge in [-0.3, -0.25) is 9.69 Å². The predicted molar refractivity (Wildman–Crippen MR) is 96.1 cm³/mol. The van der Waals surface area contributed by atoms with Gasteiger partial charge in [0.15, 0.2) is 0 Å². The fourth-order valence-electron chi connectivity index (χ4n) is 4.52. The number of carbonyl (C=O) groups is 1. The zero-order valence-corrected chi connectivity index (χ0v) is 15.1. The van der Waals surface area contributed by atoms with Gasteiger partial charge in [0, 0.05) is 25.2 Å². The van der Waals surface area contributed by atoms with Crippen LogP contribution in [0.4, 0.5) is 0 Å². The fraction of sp³-hybridized carbons (Fsp3) is 0.650. The average Bonchev–Trinajstić information content (AvgIpc) is 3.11. The molecule has 3 rings (SSSR count). The van der Waals surface area contributed by atoms with Gasteiger partial charge in [0.05, 0.1) is 12.5 Å². The summed E-state index contributed by atoms with van der Waals surface area (Å²) in [4.78, 5) is 15.0. The maximum atomic E-state index is 12.6. The third-order valence-electron chi connectivity index (χ3n) is 5.67. The molecule has 1 aromatic carbocycles. The first-order valence-electron chi connectivity index (χ1n) is 9.22. The summed E-state index contributed by atoms with van der Waals surface area (Å²) in [5.41, 5.74) is 4.81. The lowest BCUT2D eigenvalue weighted by Crippen LogP contribution is -2.48. The van der Waals surface area contributed by atoms with Crippen molar-refractivity contribution in [2.75, 3.05) is 13.1 Å². The van der Waals surface area contributed by atoms with E-state index >= 15 is 0 Å². The summed E-state index contributed by atoms with van der Waals surface area (Å²) >= 11 is 0. The predicted octanol–water partition coefficient (Wildman–Crippen LogP) is 2.26. The minimum Gasteiger partial charge on any atom is -0.392 e. The summed E-state index contributed by atoms with van der Waals surface area (Å²) in [6.07, 6.45) is 4.46. The molecule has 2 aliphatic rings. The number of hydrogen-bond donors (Lipinski definition) is 2. The van der Waals surface area contributed by atoms with E-state index in [1.54, 1.807) is 0 Å². The molecule has 1 amide bonds. The second-order valence-corrected chi connectivity index (χ2v) is 7.66. The van der Waals surface area contributed by atoms with E-state index < -0.39 is 0 Å². The Hall–Kier alpha value is -1.39. The molecule has 1 aliphatic heterocycles. The van der Waals surface area contributed by atoms with E-state index in [2.05, 4.69) is 43.1 Å². The second-order valence-electron chi connectivity index (χ2n) is 7.66. The Morgan fingerprint density at radius 2 is 1.92 bits per heavy atom. The largest absolute Gasteiger partial charge is 0.392 e. The molecule has 1 aromatic rings. The van der Waals surface area contributed by atoms with Crippen molar-refractivity contribution in [3.8, 4) is 0 Å². The normalized spacial score (nSPS) is 27.6. The average molecular weight is 330 g/mol. The number of nitrogens with one attached hydrogen (secondary N) is 1. The lowest BCUT2D eigenvalue weighted by Gasteiger charge is -2.30. The summed E-state index contributed by atoms with van der Waals surface area (Å²) in [6, 6.07) is 4.93. The molecule has 0 radical (unpaired) electrons. The van der Waals surface area contributed by atoms with Crippen molar-refractivity contribution in [3.63, 3.8) is 0 Å². The van der Waals surface area contributed by atoms with E-state index in [1.807, 2.05) is 0 Å². The molecule has 1 aliphatic carbocycles. The Kier molecular flexibility index (Phi) is 5.26. The Balaban J connectivity index is 1.62. The number of carbonyl (C=O) groups excluding carboxylic acids is 1. The van der Waals surface area contributed by atoms with Gasteiger partial charge in [-0.05, 0) is 63.1 Å². The molecular weight excluding hydrogens is 300 g/mol. The highest BCUT2D eigenvalue weighted by molar-refractivity contribution is 5.79. The summed E-state index contributed by atoms with van der Waals surface area (Å²) in [6.45, 7) is 7.98. The van der Waals surface area contributed by atoms with Crippen molar-refractivity contribution >= 4 is 5.91 Å². The lowest BCUT2D eigenvalue weighted by molar-refractivity contribution is -0.121. The summed E-state index contributed by atoms with van der Waals surface area (Å²) < 4.78 is 0. The van der Waals surface area contributed by atoms with Crippen LogP contribution in [0, 0.1) is 20.8 Å². The van der Waals surface area contributed by atoms with Crippen LogP contribution in [0.15, 0.2) is 12.1 Å². The van der Waals surface area contributed by atoms with Crippen LogP contribution in [0.2, 0.25) is 0 Å². The molecule has 4 nitrogen and oxygen atoms in total. The van der Waals surface area contributed by atoms with Crippen molar-refractivity contribution in [1.29, 1.82) is 0 Å². The molecule has 2 N–H and O–H groups in total. The Morgan fingerprint density at radius 3 is 2.54 bits per heavy atom. The Morgan fingerprint density at radius 1 is 1.21 bits per heavy atom. The van der Waals surface area contributed by atoms with Crippen LogP contribution in [-0.4, -0.2) is 47.2 Å². The number of hydrogen-bond acceptors (Lipinski definition) is 3. The molecule has 0 spiro atoms. The van der Waals surface area contributed by atoms with Gasteiger partial charge in [-0.1, -0.05) is 17.7 Å². The van der Waals surface area contributed by atoms with Gasteiger partial charge >= 0.3 is 0 Å². The topological polar surface area (TPSA) is 52.6 Å². The van der Waals surface area contributed by atoms with Crippen molar-refractivity contribution < 1.29 is 9.90 Å². The van der Waals surface area contributed by atoms with Crippen molar-refractivity contribution in [2.45, 2.75) is 71.1 Å². The van der Waals surface area contributed by atoms with Crippen molar-refractivity contribution in [2.24, 2.45) is 0 Å². The third-order valence-corrected chi connectivity index (χ3v) is 5.67.